The van der Waals surface area contributed by atoms with Gasteiger partial charge in [-0.25, -0.2) is 13.2 Å². The zero-order valence-corrected chi connectivity index (χ0v) is 9.58. The number of rotatable bonds is 3. The van der Waals surface area contributed by atoms with Crippen molar-refractivity contribution >= 4 is 37.0 Å². The minimum absolute atomic E-state index is 0.275. The standard InChI is InChI=1S/C7H7ClO4S2/c1-12-7(9)6-5(2-3-13-6)4-14(8,10)11/h2-3H,4H2,1H3. The maximum absolute atomic E-state index is 11.1. The van der Waals surface area contributed by atoms with Crippen LogP contribution in [-0.2, 0) is 19.5 Å². The Labute approximate surface area is 89.9 Å². The fraction of sp³-hybridized carbons (Fsp3) is 0.286. The predicted molar refractivity (Wildman–Crippen MR) is 54.1 cm³/mol. The van der Waals surface area contributed by atoms with Crippen LogP contribution in [0, 0.1) is 0 Å². The number of esters is 1. The number of halogens is 1. The molecule has 0 aliphatic carbocycles. The van der Waals surface area contributed by atoms with Crippen LogP contribution in [-0.4, -0.2) is 21.5 Å². The first-order valence-electron chi connectivity index (χ1n) is 3.51. The van der Waals surface area contributed by atoms with Crippen molar-refractivity contribution in [3.8, 4) is 0 Å². The van der Waals surface area contributed by atoms with E-state index >= 15 is 0 Å². The van der Waals surface area contributed by atoms with Crippen LogP contribution in [0.3, 0.4) is 0 Å². The van der Waals surface area contributed by atoms with E-state index in [4.69, 9.17) is 10.7 Å². The molecule has 78 valence electrons. The van der Waals surface area contributed by atoms with Crippen LogP contribution in [0.5, 0.6) is 0 Å². The van der Waals surface area contributed by atoms with Crippen molar-refractivity contribution in [2.75, 3.05) is 7.11 Å². The lowest BCUT2D eigenvalue weighted by molar-refractivity contribution is 0.0605. The van der Waals surface area contributed by atoms with Gasteiger partial charge in [-0.2, -0.15) is 0 Å². The monoisotopic (exact) mass is 254 g/mol. The van der Waals surface area contributed by atoms with Crippen molar-refractivity contribution in [1.82, 2.24) is 0 Å². The highest BCUT2D eigenvalue weighted by atomic mass is 35.7. The summed E-state index contributed by atoms with van der Waals surface area (Å²) < 4.78 is 26.0. The molecule has 0 spiro atoms. The van der Waals surface area contributed by atoms with Crippen molar-refractivity contribution in [3.05, 3.63) is 21.9 Å². The van der Waals surface area contributed by atoms with Gasteiger partial charge in [0, 0.05) is 10.7 Å². The first-order valence-corrected chi connectivity index (χ1v) is 6.87. The second-order valence-electron chi connectivity index (χ2n) is 2.45. The summed E-state index contributed by atoms with van der Waals surface area (Å²) in [6.07, 6.45) is 0. The van der Waals surface area contributed by atoms with E-state index in [0.717, 1.165) is 11.3 Å². The van der Waals surface area contributed by atoms with Gasteiger partial charge in [-0.15, -0.1) is 11.3 Å². The molecule has 1 heterocycles. The highest BCUT2D eigenvalue weighted by molar-refractivity contribution is 8.13. The van der Waals surface area contributed by atoms with E-state index in [-0.39, 0.29) is 10.6 Å². The van der Waals surface area contributed by atoms with E-state index in [0.29, 0.717) is 5.56 Å². The summed E-state index contributed by atoms with van der Waals surface area (Å²) in [7, 11) is 2.67. The third-order valence-electron chi connectivity index (χ3n) is 1.45. The molecule has 0 saturated carbocycles. The summed E-state index contributed by atoms with van der Waals surface area (Å²) in [6, 6.07) is 1.54. The fourth-order valence-electron chi connectivity index (χ4n) is 0.907. The first-order chi connectivity index (χ1) is 6.44. The van der Waals surface area contributed by atoms with E-state index < -0.39 is 15.0 Å². The molecule has 0 aliphatic rings. The van der Waals surface area contributed by atoms with Crippen LogP contribution in [0.2, 0.25) is 0 Å². The lowest BCUT2D eigenvalue weighted by Gasteiger charge is -1.98. The van der Waals surface area contributed by atoms with Gasteiger partial charge in [0.2, 0.25) is 9.05 Å². The van der Waals surface area contributed by atoms with Gasteiger partial charge in [0.25, 0.3) is 0 Å². The topological polar surface area (TPSA) is 60.4 Å². The molecule has 0 atom stereocenters. The van der Waals surface area contributed by atoms with Gasteiger partial charge < -0.3 is 4.74 Å². The van der Waals surface area contributed by atoms with Crippen molar-refractivity contribution in [1.29, 1.82) is 0 Å². The Morgan fingerprint density at radius 2 is 2.29 bits per heavy atom. The van der Waals surface area contributed by atoms with Gasteiger partial charge in [0.05, 0.1) is 12.9 Å². The first kappa shape index (κ1) is 11.5. The number of hydrogen-bond donors (Lipinski definition) is 0. The molecule has 0 bridgehead atoms. The number of carbonyl (C=O) groups excluding carboxylic acids is 1. The Morgan fingerprint density at radius 1 is 1.64 bits per heavy atom. The van der Waals surface area contributed by atoms with Crippen LogP contribution in [0.4, 0.5) is 0 Å². The van der Waals surface area contributed by atoms with Gasteiger partial charge in [0.15, 0.2) is 0 Å². The molecule has 0 aliphatic heterocycles. The maximum atomic E-state index is 11.1. The van der Waals surface area contributed by atoms with Gasteiger partial charge in [-0.3, -0.25) is 0 Å². The molecular weight excluding hydrogens is 248 g/mol. The Morgan fingerprint density at radius 3 is 2.79 bits per heavy atom. The minimum Gasteiger partial charge on any atom is -0.465 e. The molecule has 0 unspecified atom stereocenters. The Balaban J connectivity index is 3.00. The van der Waals surface area contributed by atoms with E-state index in [2.05, 4.69) is 4.74 Å². The molecule has 1 rings (SSSR count). The summed E-state index contributed by atoms with van der Waals surface area (Å²) in [5.41, 5.74) is 0.372. The highest BCUT2D eigenvalue weighted by Crippen LogP contribution is 2.21. The van der Waals surface area contributed by atoms with Gasteiger partial charge in [0.1, 0.15) is 4.88 Å². The molecule has 1 aromatic heterocycles. The second kappa shape index (κ2) is 4.29. The van der Waals surface area contributed by atoms with Gasteiger partial charge in [-0.1, -0.05) is 0 Å². The SMILES string of the molecule is COC(=O)c1sccc1CS(=O)(=O)Cl. The van der Waals surface area contributed by atoms with E-state index in [1.165, 1.54) is 13.2 Å². The zero-order chi connectivity index (χ0) is 10.8. The summed E-state index contributed by atoms with van der Waals surface area (Å²) in [6.45, 7) is 0. The maximum Gasteiger partial charge on any atom is 0.348 e. The smallest absolute Gasteiger partial charge is 0.348 e. The lowest BCUT2D eigenvalue weighted by atomic mass is 10.3. The van der Waals surface area contributed by atoms with E-state index in [1.54, 1.807) is 5.38 Å². The number of methoxy groups -OCH3 is 1. The van der Waals surface area contributed by atoms with Gasteiger partial charge in [-0.05, 0) is 17.0 Å². The third-order valence-corrected chi connectivity index (χ3v) is 3.37. The molecule has 14 heavy (non-hydrogen) atoms. The van der Waals surface area contributed by atoms with Gasteiger partial charge >= 0.3 is 5.97 Å². The molecule has 4 nitrogen and oxygen atoms in total. The predicted octanol–water partition coefficient (Wildman–Crippen LogP) is 1.60. The molecule has 0 saturated heterocycles. The molecule has 1 aromatic rings. The summed E-state index contributed by atoms with van der Waals surface area (Å²) in [4.78, 5) is 11.4. The molecule has 0 amide bonds. The Hall–Kier alpha value is -0.590. The second-order valence-corrected chi connectivity index (χ2v) is 6.14. The normalized spacial score (nSPS) is 11.3. The fourth-order valence-corrected chi connectivity index (χ4v) is 2.80. The highest BCUT2D eigenvalue weighted by Gasteiger charge is 2.17. The molecule has 0 N–H and O–H groups in total. The average molecular weight is 255 g/mol. The van der Waals surface area contributed by atoms with E-state index in [1.807, 2.05) is 0 Å². The minimum atomic E-state index is -3.64. The van der Waals surface area contributed by atoms with Crippen LogP contribution in [0.1, 0.15) is 15.2 Å². The Kier molecular flexibility index (Phi) is 3.52. The number of hydrogen-bond acceptors (Lipinski definition) is 5. The molecule has 0 fully saturated rings. The number of thiophene rings is 1. The van der Waals surface area contributed by atoms with Crippen LogP contribution >= 0.6 is 22.0 Å². The summed E-state index contributed by atoms with van der Waals surface area (Å²) >= 11 is 1.13. The number of ether oxygens (including phenoxy) is 1. The average Bonchev–Trinajstić information content (AvgIpc) is 2.48. The number of carbonyl (C=O) groups is 1. The van der Waals surface area contributed by atoms with Crippen LogP contribution in [0.25, 0.3) is 0 Å². The van der Waals surface area contributed by atoms with Crippen molar-refractivity contribution in [2.24, 2.45) is 0 Å². The molecule has 7 heteroatoms. The molecular formula is C7H7ClO4S2. The van der Waals surface area contributed by atoms with Crippen molar-refractivity contribution in [3.63, 3.8) is 0 Å². The summed E-state index contributed by atoms with van der Waals surface area (Å²) in [5.74, 6) is -0.905. The molecule has 0 radical (unpaired) electrons. The summed E-state index contributed by atoms with van der Waals surface area (Å²) in [5, 5.41) is 1.61. The third kappa shape index (κ3) is 2.97. The quantitative estimate of drug-likeness (QED) is 0.607. The van der Waals surface area contributed by atoms with Crippen molar-refractivity contribution in [2.45, 2.75) is 5.75 Å². The zero-order valence-electron chi connectivity index (χ0n) is 7.19. The van der Waals surface area contributed by atoms with E-state index in [9.17, 15) is 13.2 Å². The van der Waals surface area contributed by atoms with Crippen LogP contribution in [0.15, 0.2) is 11.4 Å². The molecule has 0 aromatic carbocycles. The van der Waals surface area contributed by atoms with Crippen LogP contribution < -0.4 is 0 Å². The lowest BCUT2D eigenvalue weighted by Crippen LogP contribution is -2.04. The largest absolute Gasteiger partial charge is 0.465 e. The Bertz CT molecular complexity index is 434. The van der Waals surface area contributed by atoms with Crippen molar-refractivity contribution < 1.29 is 17.9 Å².